The lowest BCUT2D eigenvalue weighted by Gasteiger charge is -2.28. The molecule has 3 unspecified atom stereocenters. The summed E-state index contributed by atoms with van der Waals surface area (Å²) in [7, 11) is 0. The van der Waals surface area contributed by atoms with E-state index in [-0.39, 0.29) is 12.2 Å². The van der Waals surface area contributed by atoms with E-state index in [4.69, 9.17) is 4.74 Å². The number of rotatable bonds is 6. The summed E-state index contributed by atoms with van der Waals surface area (Å²) in [6, 6.07) is 8.61. The molecule has 3 atom stereocenters. The number of hydrogen-bond donors (Lipinski definition) is 2. The average Bonchev–Trinajstić information content (AvgIpc) is 2.48. The van der Waals surface area contributed by atoms with Gasteiger partial charge in [0.2, 0.25) is 0 Å². The summed E-state index contributed by atoms with van der Waals surface area (Å²) in [5.74, 6) is 0.863. The van der Waals surface area contributed by atoms with Crippen molar-refractivity contribution >= 4 is 0 Å². The Morgan fingerprint density at radius 3 is 2.60 bits per heavy atom. The molecule has 2 N–H and O–H groups in total. The van der Waals surface area contributed by atoms with E-state index in [1.54, 1.807) is 0 Å². The van der Waals surface area contributed by atoms with Crippen LogP contribution >= 0.6 is 0 Å². The van der Waals surface area contributed by atoms with Crippen molar-refractivity contribution in [2.24, 2.45) is 0 Å². The summed E-state index contributed by atoms with van der Waals surface area (Å²) in [6.07, 6.45) is 4.88. The molecular weight excluding hydrogens is 250 g/mol. The Morgan fingerprint density at radius 2 is 1.95 bits per heavy atom. The average molecular weight is 277 g/mol. The Hall–Kier alpha value is -1.06. The predicted octanol–water partition coefficient (Wildman–Crippen LogP) is 3.43. The highest BCUT2D eigenvalue weighted by molar-refractivity contribution is 5.29. The maximum absolute atomic E-state index is 9.94. The van der Waals surface area contributed by atoms with E-state index in [0.29, 0.717) is 6.04 Å². The molecule has 3 heteroatoms. The van der Waals surface area contributed by atoms with Crippen molar-refractivity contribution < 1.29 is 9.84 Å². The van der Waals surface area contributed by atoms with Crippen LogP contribution in [-0.2, 0) is 0 Å². The molecule has 2 rings (SSSR count). The minimum Gasteiger partial charge on any atom is -0.488 e. The molecule has 1 aliphatic carbocycles. The highest BCUT2D eigenvalue weighted by atomic mass is 16.5. The van der Waals surface area contributed by atoms with Gasteiger partial charge in [0, 0.05) is 6.04 Å². The van der Waals surface area contributed by atoms with Gasteiger partial charge in [0.05, 0.1) is 6.10 Å². The Bertz CT molecular complexity index is 390. The lowest BCUT2D eigenvalue weighted by Crippen LogP contribution is -2.34. The minimum absolute atomic E-state index is 0.0368. The largest absolute Gasteiger partial charge is 0.488 e. The Morgan fingerprint density at radius 1 is 1.25 bits per heavy atom. The van der Waals surface area contributed by atoms with E-state index in [0.717, 1.165) is 44.4 Å². The minimum atomic E-state index is -0.312. The standard InChI is InChI=1S/C17H27NO2/c1-3-12-18-13(2)14-8-10-15(11-9-14)20-17-7-5-4-6-16(17)19/h8-11,13,16-19H,3-7,12H2,1-2H3. The maximum atomic E-state index is 9.94. The van der Waals surface area contributed by atoms with Crippen LogP contribution in [0.3, 0.4) is 0 Å². The van der Waals surface area contributed by atoms with Crippen LogP contribution in [0, 0.1) is 0 Å². The molecule has 1 fully saturated rings. The van der Waals surface area contributed by atoms with Gasteiger partial charge in [-0.3, -0.25) is 0 Å². The Balaban J connectivity index is 1.90. The number of aliphatic hydroxyl groups is 1. The van der Waals surface area contributed by atoms with Gasteiger partial charge in [-0.05, 0) is 56.8 Å². The first-order valence-electron chi connectivity index (χ1n) is 7.88. The molecular formula is C17H27NO2. The third-order valence-electron chi connectivity index (χ3n) is 4.04. The van der Waals surface area contributed by atoms with E-state index in [2.05, 4.69) is 31.3 Å². The number of nitrogens with one attached hydrogen (secondary N) is 1. The van der Waals surface area contributed by atoms with Crippen LogP contribution in [0.15, 0.2) is 24.3 Å². The highest BCUT2D eigenvalue weighted by Crippen LogP contribution is 2.25. The predicted molar refractivity (Wildman–Crippen MR) is 82.0 cm³/mol. The topological polar surface area (TPSA) is 41.5 Å². The fourth-order valence-corrected chi connectivity index (χ4v) is 2.70. The zero-order valence-corrected chi connectivity index (χ0v) is 12.6. The molecule has 0 aromatic heterocycles. The zero-order valence-electron chi connectivity index (χ0n) is 12.6. The summed E-state index contributed by atoms with van der Waals surface area (Å²) >= 11 is 0. The summed E-state index contributed by atoms with van der Waals surface area (Å²) in [6.45, 7) is 5.39. The van der Waals surface area contributed by atoms with E-state index in [9.17, 15) is 5.11 Å². The summed E-state index contributed by atoms with van der Waals surface area (Å²) in [5, 5.41) is 13.4. The van der Waals surface area contributed by atoms with Crippen molar-refractivity contribution in [3.63, 3.8) is 0 Å². The van der Waals surface area contributed by atoms with Crippen LogP contribution in [0.5, 0.6) is 5.75 Å². The molecule has 0 saturated heterocycles. The Labute approximate surface area is 122 Å². The normalized spacial score (nSPS) is 24.4. The zero-order chi connectivity index (χ0) is 14.4. The van der Waals surface area contributed by atoms with Gasteiger partial charge in [-0.15, -0.1) is 0 Å². The van der Waals surface area contributed by atoms with Crippen molar-refractivity contribution in [1.82, 2.24) is 5.32 Å². The quantitative estimate of drug-likeness (QED) is 0.837. The molecule has 0 bridgehead atoms. The van der Waals surface area contributed by atoms with Gasteiger partial charge in [-0.25, -0.2) is 0 Å². The van der Waals surface area contributed by atoms with Crippen molar-refractivity contribution in [2.75, 3.05) is 6.54 Å². The lowest BCUT2D eigenvalue weighted by atomic mass is 9.95. The molecule has 1 aliphatic rings. The van der Waals surface area contributed by atoms with Gasteiger partial charge in [0.1, 0.15) is 11.9 Å². The van der Waals surface area contributed by atoms with Gasteiger partial charge in [0.25, 0.3) is 0 Å². The van der Waals surface area contributed by atoms with E-state index in [1.807, 2.05) is 12.1 Å². The fourth-order valence-electron chi connectivity index (χ4n) is 2.70. The molecule has 1 saturated carbocycles. The molecule has 0 spiro atoms. The van der Waals surface area contributed by atoms with Crippen molar-refractivity contribution in [1.29, 1.82) is 0 Å². The van der Waals surface area contributed by atoms with Gasteiger partial charge in [-0.1, -0.05) is 25.5 Å². The summed E-state index contributed by atoms with van der Waals surface area (Å²) in [5.41, 5.74) is 1.27. The third-order valence-corrected chi connectivity index (χ3v) is 4.04. The molecule has 3 nitrogen and oxygen atoms in total. The van der Waals surface area contributed by atoms with E-state index in [1.165, 1.54) is 5.56 Å². The second kappa shape index (κ2) is 7.65. The van der Waals surface area contributed by atoms with Crippen molar-refractivity contribution in [3.05, 3.63) is 29.8 Å². The first kappa shape index (κ1) is 15.3. The molecule has 0 aliphatic heterocycles. The SMILES string of the molecule is CCCNC(C)c1ccc(OC2CCCCC2O)cc1. The molecule has 1 aromatic rings. The Kier molecular flexibility index (Phi) is 5.86. The molecule has 0 radical (unpaired) electrons. The smallest absolute Gasteiger partial charge is 0.124 e. The van der Waals surface area contributed by atoms with Gasteiger partial charge in [0.15, 0.2) is 0 Å². The molecule has 0 heterocycles. The van der Waals surface area contributed by atoms with Gasteiger partial charge < -0.3 is 15.2 Å². The monoisotopic (exact) mass is 277 g/mol. The number of hydrogen-bond acceptors (Lipinski definition) is 3. The van der Waals surface area contributed by atoms with Crippen LogP contribution in [-0.4, -0.2) is 23.9 Å². The lowest BCUT2D eigenvalue weighted by molar-refractivity contribution is 0.00686. The maximum Gasteiger partial charge on any atom is 0.124 e. The number of benzene rings is 1. The van der Waals surface area contributed by atoms with Crippen LogP contribution < -0.4 is 10.1 Å². The molecule has 20 heavy (non-hydrogen) atoms. The van der Waals surface area contributed by atoms with Crippen molar-refractivity contribution in [3.8, 4) is 5.75 Å². The van der Waals surface area contributed by atoms with Crippen LogP contribution in [0.4, 0.5) is 0 Å². The molecule has 1 aromatic carbocycles. The van der Waals surface area contributed by atoms with Crippen LogP contribution in [0.25, 0.3) is 0 Å². The van der Waals surface area contributed by atoms with E-state index >= 15 is 0 Å². The molecule has 0 amide bonds. The van der Waals surface area contributed by atoms with Gasteiger partial charge >= 0.3 is 0 Å². The number of ether oxygens (including phenoxy) is 1. The first-order chi connectivity index (χ1) is 9.70. The molecule has 112 valence electrons. The first-order valence-corrected chi connectivity index (χ1v) is 7.88. The number of aliphatic hydroxyl groups excluding tert-OH is 1. The van der Waals surface area contributed by atoms with Crippen LogP contribution in [0.1, 0.15) is 57.6 Å². The third kappa shape index (κ3) is 4.22. The second-order valence-corrected chi connectivity index (χ2v) is 5.75. The summed E-state index contributed by atoms with van der Waals surface area (Å²) < 4.78 is 5.91. The van der Waals surface area contributed by atoms with E-state index < -0.39 is 0 Å². The second-order valence-electron chi connectivity index (χ2n) is 5.75. The van der Waals surface area contributed by atoms with Crippen molar-refractivity contribution in [2.45, 2.75) is 64.2 Å². The van der Waals surface area contributed by atoms with Crippen LogP contribution in [0.2, 0.25) is 0 Å². The fraction of sp³-hybridized carbons (Fsp3) is 0.647. The summed E-state index contributed by atoms with van der Waals surface area (Å²) in [4.78, 5) is 0. The highest BCUT2D eigenvalue weighted by Gasteiger charge is 2.24. The van der Waals surface area contributed by atoms with Gasteiger partial charge in [-0.2, -0.15) is 0 Å².